The number of esters is 1. The lowest BCUT2D eigenvalue weighted by molar-refractivity contribution is -0.361. The molecule has 0 saturated heterocycles. The summed E-state index contributed by atoms with van der Waals surface area (Å²) < 4.78 is 102. The molecule has 0 heterocycles. The van der Waals surface area contributed by atoms with E-state index in [2.05, 4.69) is 9.84 Å². The van der Waals surface area contributed by atoms with Gasteiger partial charge >= 0.3 is 24.1 Å². The van der Waals surface area contributed by atoms with Gasteiger partial charge in [-0.05, 0) is 30.7 Å². The highest BCUT2D eigenvalue weighted by atomic mass is 19.4. The van der Waals surface area contributed by atoms with E-state index in [9.17, 15) is 35.5 Å². The molecule has 13 heteroatoms. The number of methoxy groups -OCH3 is 1. The first-order chi connectivity index (χ1) is 12.9. The number of hydrogen-bond donors (Lipinski definition) is 1. The van der Waals surface area contributed by atoms with Crippen molar-refractivity contribution in [2.45, 2.75) is 25.1 Å². The quantitative estimate of drug-likeness (QED) is 0.218. The smallest absolute Gasteiger partial charge is 0.462 e. The van der Waals surface area contributed by atoms with Crippen molar-refractivity contribution in [1.82, 2.24) is 5.43 Å². The Balaban J connectivity index is 2.94. The molecule has 1 aromatic rings. The number of rotatable bonds is 9. The van der Waals surface area contributed by atoms with Crippen LogP contribution in [0, 0.1) is 0 Å². The molecule has 28 heavy (non-hydrogen) atoms. The molecule has 1 rings (SSSR count). The molecule has 0 aliphatic rings. The fourth-order valence-corrected chi connectivity index (χ4v) is 1.62. The predicted molar refractivity (Wildman–Crippen MR) is 81.8 cm³/mol. The number of carbonyl (C=O) groups is 1. The van der Waals surface area contributed by atoms with Gasteiger partial charge in [-0.1, -0.05) is 0 Å². The third-order valence-corrected chi connectivity index (χ3v) is 3.01. The van der Waals surface area contributed by atoms with E-state index in [4.69, 9.17) is 9.47 Å². The van der Waals surface area contributed by atoms with Gasteiger partial charge < -0.3 is 14.2 Å². The molecule has 158 valence electrons. The van der Waals surface area contributed by atoms with E-state index in [-0.39, 0.29) is 23.7 Å². The fourth-order valence-electron chi connectivity index (χ4n) is 1.62. The van der Waals surface area contributed by atoms with Crippen molar-refractivity contribution in [2.24, 2.45) is 5.10 Å². The lowest BCUT2D eigenvalue weighted by Gasteiger charge is -2.27. The van der Waals surface area contributed by atoms with E-state index in [0.29, 0.717) is 11.6 Å². The molecular formula is C15H15F7N2O4. The zero-order valence-electron chi connectivity index (χ0n) is 14.4. The van der Waals surface area contributed by atoms with E-state index < -0.39 is 30.7 Å². The maximum atomic E-state index is 13.1. The summed E-state index contributed by atoms with van der Waals surface area (Å²) in [6.07, 6.45) is -5.90. The number of hydrazone groups is 1. The minimum atomic E-state index is -6.47. The van der Waals surface area contributed by atoms with Crippen LogP contribution in [0.2, 0.25) is 0 Å². The topological polar surface area (TPSA) is 69.1 Å². The second kappa shape index (κ2) is 8.97. The zero-order valence-corrected chi connectivity index (χ0v) is 14.4. The average Bonchev–Trinajstić information content (AvgIpc) is 2.59. The molecule has 0 spiro atoms. The Kier molecular flexibility index (Phi) is 7.47. The third kappa shape index (κ3) is 5.63. The normalized spacial score (nSPS) is 12.8. The summed E-state index contributed by atoms with van der Waals surface area (Å²) in [6.45, 7) is 1.29. The van der Waals surface area contributed by atoms with Crippen LogP contribution in [0.5, 0.6) is 11.5 Å². The first-order valence-electron chi connectivity index (χ1n) is 7.44. The highest BCUT2D eigenvalue weighted by Gasteiger charge is 2.73. The van der Waals surface area contributed by atoms with Crippen molar-refractivity contribution in [3.8, 4) is 11.5 Å². The summed E-state index contributed by atoms with van der Waals surface area (Å²) in [6, 6.07) is -2.03. The number of halogens is 7. The molecule has 1 aromatic carbocycles. The zero-order chi connectivity index (χ0) is 21.6. The van der Waals surface area contributed by atoms with Crippen molar-refractivity contribution < 1.29 is 49.7 Å². The van der Waals surface area contributed by atoms with Crippen molar-refractivity contribution >= 4 is 12.2 Å². The third-order valence-electron chi connectivity index (χ3n) is 3.01. The summed E-state index contributed by atoms with van der Waals surface area (Å²) in [5.41, 5.74) is 0.508. The lowest BCUT2D eigenvalue weighted by atomic mass is 10.2. The Labute approximate surface area is 154 Å². The van der Waals surface area contributed by atoms with E-state index in [1.165, 1.54) is 18.2 Å². The monoisotopic (exact) mass is 420 g/mol. The Morgan fingerprint density at radius 2 is 1.75 bits per heavy atom. The number of alkyl halides is 7. The standard InChI is InChI=1S/C15H15F7N2O4/c1-3-27-11-6-9(4-5-10(11)28-8-12(25)26-2)7-23-24-15(21,22)13(16,17)14(18,19)20/h4-7,24H,3,8H2,1-2H3/b23-7+. The molecule has 6 nitrogen and oxygen atoms in total. The van der Waals surface area contributed by atoms with Crippen LogP contribution < -0.4 is 14.9 Å². The molecule has 0 amide bonds. The molecular weight excluding hydrogens is 405 g/mol. The maximum Gasteiger partial charge on any atom is 0.462 e. The molecule has 0 aliphatic carbocycles. The van der Waals surface area contributed by atoms with Crippen LogP contribution in [0.1, 0.15) is 12.5 Å². The SMILES string of the molecule is CCOc1cc(/C=N/NC(F)(F)C(F)(F)C(F)(F)F)ccc1OCC(=O)OC. The molecule has 1 N–H and O–H groups in total. The van der Waals surface area contributed by atoms with Crippen LogP contribution in [0.4, 0.5) is 30.7 Å². The van der Waals surface area contributed by atoms with Crippen LogP contribution in [-0.4, -0.2) is 50.7 Å². The van der Waals surface area contributed by atoms with Crippen LogP contribution >= 0.6 is 0 Å². The van der Waals surface area contributed by atoms with E-state index in [0.717, 1.165) is 7.11 Å². The van der Waals surface area contributed by atoms with E-state index in [1.54, 1.807) is 6.92 Å². The van der Waals surface area contributed by atoms with Gasteiger partial charge in [0.1, 0.15) is 0 Å². The minimum absolute atomic E-state index is 0.00694. The van der Waals surface area contributed by atoms with Crippen molar-refractivity contribution in [1.29, 1.82) is 0 Å². The number of ether oxygens (including phenoxy) is 3. The molecule has 0 aromatic heterocycles. The van der Waals surface area contributed by atoms with Gasteiger partial charge in [0.05, 0.1) is 19.9 Å². The summed E-state index contributed by atoms with van der Waals surface area (Å²) in [5.74, 6) is -6.90. The van der Waals surface area contributed by atoms with Crippen LogP contribution in [0.15, 0.2) is 23.3 Å². The lowest BCUT2D eigenvalue weighted by Crippen LogP contribution is -2.58. The number of benzene rings is 1. The second-order valence-corrected chi connectivity index (χ2v) is 5.02. The highest BCUT2D eigenvalue weighted by Crippen LogP contribution is 2.45. The molecule has 0 radical (unpaired) electrons. The molecule has 0 aliphatic heterocycles. The minimum Gasteiger partial charge on any atom is -0.490 e. The van der Waals surface area contributed by atoms with Gasteiger partial charge in [-0.2, -0.15) is 35.8 Å². The summed E-state index contributed by atoms with van der Waals surface area (Å²) in [5, 5.41) is 2.74. The van der Waals surface area contributed by atoms with Crippen molar-refractivity contribution in [3.63, 3.8) is 0 Å². The van der Waals surface area contributed by atoms with Gasteiger partial charge in [0.15, 0.2) is 18.1 Å². The molecule has 0 unspecified atom stereocenters. The van der Waals surface area contributed by atoms with Crippen molar-refractivity contribution in [2.75, 3.05) is 20.3 Å². The largest absolute Gasteiger partial charge is 0.490 e. The van der Waals surface area contributed by atoms with Gasteiger partial charge in [-0.3, -0.25) is 0 Å². The van der Waals surface area contributed by atoms with E-state index in [1.807, 2.05) is 0 Å². The summed E-state index contributed by atoms with van der Waals surface area (Å²) in [7, 11) is 1.14. The number of nitrogens with one attached hydrogen (secondary N) is 1. The van der Waals surface area contributed by atoms with Gasteiger partial charge in [0.2, 0.25) is 0 Å². The maximum absolute atomic E-state index is 13.1. The van der Waals surface area contributed by atoms with Crippen LogP contribution in [0.3, 0.4) is 0 Å². The Bertz CT molecular complexity index is 708. The van der Waals surface area contributed by atoms with Crippen LogP contribution in [-0.2, 0) is 9.53 Å². The van der Waals surface area contributed by atoms with Gasteiger partial charge in [-0.25, -0.2) is 10.2 Å². The molecule has 0 fully saturated rings. The number of nitrogens with zero attached hydrogens (tertiary/aromatic N) is 1. The second-order valence-electron chi connectivity index (χ2n) is 5.02. The van der Waals surface area contributed by atoms with Gasteiger partial charge in [-0.15, -0.1) is 0 Å². The molecule has 0 saturated carbocycles. The first kappa shape index (κ1) is 23.3. The predicted octanol–water partition coefficient (Wildman–Crippen LogP) is 3.35. The first-order valence-corrected chi connectivity index (χ1v) is 7.44. The van der Waals surface area contributed by atoms with Gasteiger partial charge in [0, 0.05) is 0 Å². The van der Waals surface area contributed by atoms with Crippen LogP contribution in [0.25, 0.3) is 0 Å². The Hall–Kier alpha value is -2.73. The van der Waals surface area contributed by atoms with Crippen molar-refractivity contribution in [3.05, 3.63) is 23.8 Å². The summed E-state index contributed by atoms with van der Waals surface area (Å²) in [4.78, 5) is 11.1. The fraction of sp³-hybridized carbons (Fsp3) is 0.467. The molecule has 0 bridgehead atoms. The summed E-state index contributed by atoms with van der Waals surface area (Å²) >= 11 is 0. The number of hydrogen-bond acceptors (Lipinski definition) is 6. The number of carbonyl (C=O) groups excluding carboxylic acids is 1. The van der Waals surface area contributed by atoms with Gasteiger partial charge in [0.25, 0.3) is 0 Å². The van der Waals surface area contributed by atoms with E-state index >= 15 is 0 Å². The highest BCUT2D eigenvalue weighted by molar-refractivity contribution is 5.80. The molecule has 0 atom stereocenters. The Morgan fingerprint density at radius 3 is 2.29 bits per heavy atom. The average molecular weight is 420 g/mol. The Morgan fingerprint density at radius 1 is 1.11 bits per heavy atom.